The van der Waals surface area contributed by atoms with Crippen molar-refractivity contribution in [2.45, 2.75) is 57.5 Å². The maximum atomic E-state index is 13.1. The number of carbonyl (C=O) groups is 2. The van der Waals surface area contributed by atoms with Gasteiger partial charge < -0.3 is 15.4 Å². The van der Waals surface area contributed by atoms with Gasteiger partial charge in [-0.1, -0.05) is 0 Å². The minimum absolute atomic E-state index is 0.0994. The summed E-state index contributed by atoms with van der Waals surface area (Å²) in [6.45, 7) is 5.21. The highest BCUT2D eigenvalue weighted by Gasteiger charge is 2.46. The Morgan fingerprint density at radius 3 is 2.42 bits per heavy atom. The largest absolute Gasteiger partial charge is 0.573 e. The summed E-state index contributed by atoms with van der Waals surface area (Å²) in [6, 6.07) is 6.09. The van der Waals surface area contributed by atoms with Crippen LogP contribution in [0.5, 0.6) is 5.75 Å². The van der Waals surface area contributed by atoms with Crippen molar-refractivity contribution in [3.63, 3.8) is 0 Å². The molecule has 1 fully saturated rings. The SMILES string of the molecule is CC(C)NC(=O)c1cc(-n2ncnc2[C@H](C)NC(=O)c2cc(OC(F)(F)F)cc(C3(C#N)CC3)c2)ncn1. The lowest BCUT2D eigenvalue weighted by Crippen LogP contribution is -2.31. The molecular weight excluding hydrogens is 505 g/mol. The molecule has 1 aromatic carbocycles. The summed E-state index contributed by atoms with van der Waals surface area (Å²) in [5, 5.41) is 19.0. The first-order valence-corrected chi connectivity index (χ1v) is 11.6. The molecule has 0 saturated heterocycles. The summed E-state index contributed by atoms with van der Waals surface area (Å²) in [5.74, 6) is -1.25. The van der Waals surface area contributed by atoms with Gasteiger partial charge in [0.1, 0.15) is 24.1 Å². The molecule has 0 radical (unpaired) electrons. The first-order valence-electron chi connectivity index (χ1n) is 11.6. The van der Waals surface area contributed by atoms with Crippen molar-refractivity contribution < 1.29 is 27.5 Å². The summed E-state index contributed by atoms with van der Waals surface area (Å²) >= 11 is 0. The van der Waals surface area contributed by atoms with Gasteiger partial charge in [-0.05, 0) is 57.4 Å². The smallest absolute Gasteiger partial charge is 0.406 e. The van der Waals surface area contributed by atoms with Crippen LogP contribution in [0, 0.1) is 11.3 Å². The summed E-state index contributed by atoms with van der Waals surface area (Å²) in [7, 11) is 0. The second-order valence-electron chi connectivity index (χ2n) is 9.10. The Hall–Kier alpha value is -4.54. The van der Waals surface area contributed by atoms with Crippen molar-refractivity contribution in [3.05, 3.63) is 59.6 Å². The monoisotopic (exact) mass is 528 g/mol. The van der Waals surface area contributed by atoms with E-state index in [4.69, 9.17) is 0 Å². The van der Waals surface area contributed by atoms with E-state index >= 15 is 0 Å². The minimum atomic E-state index is -4.97. The maximum absolute atomic E-state index is 13.1. The Morgan fingerprint density at radius 2 is 1.79 bits per heavy atom. The van der Waals surface area contributed by atoms with Gasteiger partial charge in [-0.15, -0.1) is 13.2 Å². The summed E-state index contributed by atoms with van der Waals surface area (Å²) in [5.41, 5.74) is -0.688. The van der Waals surface area contributed by atoms with Crippen molar-refractivity contribution in [3.8, 4) is 17.6 Å². The van der Waals surface area contributed by atoms with Crippen LogP contribution >= 0.6 is 0 Å². The number of nitriles is 1. The van der Waals surface area contributed by atoms with Gasteiger partial charge in [0.2, 0.25) is 0 Å². The van der Waals surface area contributed by atoms with E-state index in [1.165, 1.54) is 29.5 Å². The van der Waals surface area contributed by atoms with Crippen LogP contribution in [0.15, 0.2) is 36.9 Å². The fraction of sp³-hybridized carbons (Fsp3) is 0.375. The van der Waals surface area contributed by atoms with Crippen LogP contribution in [-0.2, 0) is 5.41 Å². The molecule has 2 amide bonds. The number of halogens is 3. The molecule has 1 atom stereocenters. The average Bonchev–Trinajstić information content (AvgIpc) is 3.50. The fourth-order valence-corrected chi connectivity index (χ4v) is 3.78. The molecule has 1 saturated carbocycles. The lowest BCUT2D eigenvalue weighted by atomic mass is 9.95. The van der Waals surface area contributed by atoms with Gasteiger partial charge in [-0.2, -0.15) is 15.0 Å². The number of rotatable bonds is 8. The molecule has 14 heteroatoms. The summed E-state index contributed by atoms with van der Waals surface area (Å²) in [6.07, 6.45) is -1.61. The third-order valence-electron chi connectivity index (χ3n) is 5.75. The van der Waals surface area contributed by atoms with E-state index in [0.29, 0.717) is 12.8 Å². The van der Waals surface area contributed by atoms with E-state index in [0.717, 1.165) is 12.1 Å². The molecule has 2 heterocycles. The minimum Gasteiger partial charge on any atom is -0.406 e. The second-order valence-corrected chi connectivity index (χ2v) is 9.10. The molecule has 0 bridgehead atoms. The number of hydrogen-bond acceptors (Lipinski definition) is 8. The number of ether oxygens (including phenoxy) is 1. The quantitative estimate of drug-likeness (QED) is 0.453. The molecule has 11 nitrogen and oxygen atoms in total. The number of nitrogens with one attached hydrogen (secondary N) is 2. The molecule has 0 aliphatic heterocycles. The van der Waals surface area contributed by atoms with Crippen molar-refractivity contribution in [1.29, 1.82) is 5.26 Å². The number of benzene rings is 1. The van der Waals surface area contributed by atoms with Crippen LogP contribution < -0.4 is 15.4 Å². The van der Waals surface area contributed by atoms with Gasteiger partial charge >= 0.3 is 6.36 Å². The van der Waals surface area contributed by atoms with Gasteiger partial charge in [0.15, 0.2) is 11.6 Å². The zero-order valence-corrected chi connectivity index (χ0v) is 20.6. The number of carbonyl (C=O) groups excluding carboxylic acids is 2. The first-order chi connectivity index (χ1) is 17.9. The van der Waals surface area contributed by atoms with E-state index < -0.39 is 35.4 Å². The highest BCUT2D eigenvalue weighted by molar-refractivity contribution is 5.95. The van der Waals surface area contributed by atoms with E-state index in [1.54, 1.807) is 20.8 Å². The van der Waals surface area contributed by atoms with Gasteiger partial charge in [0.25, 0.3) is 11.8 Å². The van der Waals surface area contributed by atoms with Crippen LogP contribution in [0.2, 0.25) is 0 Å². The van der Waals surface area contributed by atoms with E-state index in [1.807, 2.05) is 0 Å². The van der Waals surface area contributed by atoms with Gasteiger partial charge in [0, 0.05) is 17.7 Å². The van der Waals surface area contributed by atoms with Crippen LogP contribution in [-0.4, -0.2) is 49.0 Å². The molecule has 1 aliphatic carbocycles. The molecule has 1 aliphatic rings. The Bertz CT molecular complexity index is 1410. The zero-order chi connectivity index (χ0) is 27.7. The van der Waals surface area contributed by atoms with Crippen LogP contribution in [0.25, 0.3) is 5.82 Å². The number of nitrogens with zero attached hydrogens (tertiary/aromatic N) is 6. The standard InChI is InChI=1S/C24H23F3N8O3/c1-13(2)33-22(37)18-9-19(30-11-29-18)35-20(31-12-32-35)14(3)34-21(36)15-6-16(23(10-28)4-5-23)8-17(7-15)38-24(25,26)27/h6-9,11-14H,4-5H2,1-3H3,(H,33,37)(H,34,36)/t14-/m0/s1. The van der Waals surface area contributed by atoms with Crippen molar-refractivity contribution in [2.24, 2.45) is 0 Å². The van der Waals surface area contributed by atoms with Gasteiger partial charge in [0.05, 0.1) is 17.5 Å². The Kier molecular flexibility index (Phi) is 7.03. The molecule has 3 aromatic rings. The van der Waals surface area contributed by atoms with E-state index in [9.17, 15) is 28.0 Å². The average molecular weight is 528 g/mol. The fourth-order valence-electron chi connectivity index (χ4n) is 3.78. The molecule has 2 N–H and O–H groups in total. The molecule has 38 heavy (non-hydrogen) atoms. The van der Waals surface area contributed by atoms with Crippen LogP contribution in [0.4, 0.5) is 13.2 Å². The Balaban J connectivity index is 1.59. The molecule has 198 valence electrons. The number of alkyl halides is 3. The van der Waals surface area contributed by atoms with E-state index in [-0.39, 0.29) is 34.5 Å². The third-order valence-corrected chi connectivity index (χ3v) is 5.75. The van der Waals surface area contributed by atoms with Crippen molar-refractivity contribution in [2.75, 3.05) is 0 Å². The number of amides is 2. The predicted molar refractivity (Wildman–Crippen MR) is 125 cm³/mol. The molecule has 2 aromatic heterocycles. The Labute approximate surface area is 215 Å². The molecule has 0 spiro atoms. The molecular formula is C24H23F3N8O3. The number of hydrogen-bond donors (Lipinski definition) is 2. The number of aromatic nitrogens is 5. The summed E-state index contributed by atoms with van der Waals surface area (Å²) < 4.78 is 44.1. The topological polar surface area (TPSA) is 148 Å². The Morgan fingerprint density at radius 1 is 1.05 bits per heavy atom. The molecule has 0 unspecified atom stereocenters. The van der Waals surface area contributed by atoms with Gasteiger partial charge in [-0.25, -0.2) is 15.0 Å². The lowest BCUT2D eigenvalue weighted by molar-refractivity contribution is -0.274. The first kappa shape index (κ1) is 26.5. The zero-order valence-electron chi connectivity index (χ0n) is 20.6. The lowest BCUT2D eigenvalue weighted by Gasteiger charge is -2.17. The normalized spacial score (nSPS) is 14.9. The third kappa shape index (κ3) is 5.88. The highest BCUT2D eigenvalue weighted by Crippen LogP contribution is 2.48. The van der Waals surface area contributed by atoms with Crippen LogP contribution in [0.1, 0.15) is 71.9 Å². The van der Waals surface area contributed by atoms with Crippen molar-refractivity contribution in [1.82, 2.24) is 35.4 Å². The van der Waals surface area contributed by atoms with Crippen LogP contribution in [0.3, 0.4) is 0 Å². The highest BCUT2D eigenvalue weighted by atomic mass is 19.4. The van der Waals surface area contributed by atoms with Crippen molar-refractivity contribution >= 4 is 11.8 Å². The predicted octanol–water partition coefficient (Wildman–Crippen LogP) is 3.14. The maximum Gasteiger partial charge on any atom is 0.573 e. The second kappa shape index (κ2) is 10.1. The van der Waals surface area contributed by atoms with E-state index in [2.05, 4.69) is 41.5 Å². The summed E-state index contributed by atoms with van der Waals surface area (Å²) in [4.78, 5) is 37.7. The molecule has 4 rings (SSSR count). The van der Waals surface area contributed by atoms with Gasteiger partial charge in [-0.3, -0.25) is 9.59 Å².